The third kappa shape index (κ3) is 9.49. The predicted molar refractivity (Wildman–Crippen MR) is 171 cm³/mol. The first-order valence-electron chi connectivity index (χ1n) is 15.4. The van der Waals surface area contributed by atoms with Gasteiger partial charge in [-0.1, -0.05) is 6.92 Å². The molecule has 0 aliphatic carbocycles. The van der Waals surface area contributed by atoms with Gasteiger partial charge in [0.15, 0.2) is 5.03 Å². The Morgan fingerprint density at radius 1 is 1.18 bits per heavy atom. The smallest absolute Gasteiger partial charge is 0.280 e. The average Bonchev–Trinajstić information content (AvgIpc) is 3.46. The molecule has 0 saturated carbocycles. The van der Waals surface area contributed by atoms with Crippen LogP contribution in [0.3, 0.4) is 0 Å². The van der Waals surface area contributed by atoms with Gasteiger partial charge in [0.25, 0.3) is 15.9 Å². The maximum Gasteiger partial charge on any atom is 0.280 e. The second-order valence-electron chi connectivity index (χ2n) is 12.0. The van der Waals surface area contributed by atoms with Crippen LogP contribution in [0.2, 0.25) is 0 Å². The number of hydrogen-bond acceptors (Lipinski definition) is 9. The number of rotatable bonds is 9. The molecule has 1 aliphatic heterocycles. The summed E-state index contributed by atoms with van der Waals surface area (Å²) in [6, 6.07) is 8.16. The number of ether oxygens (including phenoxy) is 2. The normalized spacial score (nSPS) is 21.1. The Hall–Kier alpha value is -3.52. The lowest BCUT2D eigenvalue weighted by atomic mass is 10.0. The molecule has 12 nitrogen and oxygen atoms in total. The summed E-state index contributed by atoms with van der Waals surface area (Å²) < 4.78 is 42.8. The molecule has 4 rings (SSSR count). The SMILES string of the molecule is C[C@@H]1CN([C@H](C)CO)C(=O)c2cc(NS(=O)(=O)c3cn(C)cn3)ccc2O[C@@H](C)CCCCO[C@@H]1CN(C)Cc1ccncc1. The van der Waals surface area contributed by atoms with Gasteiger partial charge < -0.3 is 24.0 Å². The monoisotopic (exact) mass is 642 g/mol. The number of aliphatic hydroxyl groups is 1. The van der Waals surface area contributed by atoms with E-state index in [9.17, 15) is 18.3 Å². The highest BCUT2D eigenvalue weighted by Crippen LogP contribution is 2.29. The number of pyridine rings is 1. The van der Waals surface area contributed by atoms with E-state index in [0.29, 0.717) is 25.4 Å². The molecule has 0 saturated heterocycles. The van der Waals surface area contributed by atoms with Crippen LogP contribution in [0.15, 0.2) is 60.3 Å². The molecule has 0 spiro atoms. The fourth-order valence-corrected chi connectivity index (χ4v) is 6.39. The van der Waals surface area contributed by atoms with Gasteiger partial charge in [-0.15, -0.1) is 0 Å². The highest BCUT2D eigenvalue weighted by atomic mass is 32.2. The van der Waals surface area contributed by atoms with E-state index in [1.807, 2.05) is 26.1 Å². The molecular weight excluding hydrogens is 596 g/mol. The van der Waals surface area contributed by atoms with E-state index in [-0.39, 0.29) is 46.9 Å². The highest BCUT2D eigenvalue weighted by molar-refractivity contribution is 7.92. The van der Waals surface area contributed by atoms with E-state index in [2.05, 4.69) is 26.5 Å². The Labute approximate surface area is 266 Å². The van der Waals surface area contributed by atoms with Gasteiger partial charge in [-0.25, -0.2) is 4.98 Å². The molecule has 2 aromatic heterocycles. The van der Waals surface area contributed by atoms with E-state index >= 15 is 0 Å². The summed E-state index contributed by atoms with van der Waals surface area (Å²) in [6.45, 7) is 7.82. The molecule has 246 valence electrons. The number of amides is 1. The van der Waals surface area contributed by atoms with Gasteiger partial charge in [0.2, 0.25) is 0 Å². The summed E-state index contributed by atoms with van der Waals surface area (Å²) >= 11 is 0. The minimum atomic E-state index is -3.99. The highest BCUT2D eigenvalue weighted by Gasteiger charge is 2.31. The molecule has 1 amide bonds. The number of carbonyl (C=O) groups excluding carboxylic acids is 1. The number of nitrogens with zero attached hydrogens (tertiary/aromatic N) is 5. The molecule has 0 fully saturated rings. The Bertz CT molecular complexity index is 1500. The van der Waals surface area contributed by atoms with Crippen molar-refractivity contribution in [2.24, 2.45) is 13.0 Å². The largest absolute Gasteiger partial charge is 0.490 e. The molecule has 0 unspecified atom stereocenters. The molecule has 0 radical (unpaired) electrons. The summed E-state index contributed by atoms with van der Waals surface area (Å²) in [5.74, 6) is -0.0941. The number of carbonyl (C=O) groups is 1. The standard InChI is InChI=1S/C32H46N6O6S/c1-23-17-38(24(2)21-39)32(40)28-16-27(35-45(41,42)31-20-37(5)22-34-31)9-10-29(28)44-25(3)8-6-7-15-43-30(23)19-36(4)18-26-11-13-33-14-12-26/h9-14,16,20,22-25,30,35,39H,6-8,15,17-19,21H2,1-5H3/t23-,24-,25+,30-/m1/s1. The van der Waals surface area contributed by atoms with Gasteiger partial charge in [0, 0.05) is 63.5 Å². The lowest BCUT2D eigenvalue weighted by Gasteiger charge is -2.36. The number of aryl methyl sites for hydroxylation is 1. The van der Waals surface area contributed by atoms with Crippen molar-refractivity contribution in [3.05, 3.63) is 66.4 Å². The Morgan fingerprint density at radius 2 is 1.93 bits per heavy atom. The average molecular weight is 643 g/mol. The summed E-state index contributed by atoms with van der Waals surface area (Å²) in [6.07, 6.45) is 8.49. The molecule has 1 aliphatic rings. The van der Waals surface area contributed by atoms with Crippen molar-refractivity contribution in [1.29, 1.82) is 0 Å². The van der Waals surface area contributed by atoms with Crippen LogP contribution >= 0.6 is 0 Å². The number of aliphatic hydroxyl groups excluding tert-OH is 1. The minimum Gasteiger partial charge on any atom is -0.490 e. The first-order valence-corrected chi connectivity index (χ1v) is 16.9. The number of aromatic nitrogens is 3. The third-order valence-corrected chi connectivity index (χ3v) is 9.22. The van der Waals surface area contributed by atoms with Crippen molar-refractivity contribution in [2.45, 2.75) is 69.9 Å². The molecule has 13 heteroatoms. The number of imidazole rings is 1. The summed E-state index contributed by atoms with van der Waals surface area (Å²) in [4.78, 5) is 26.2. The van der Waals surface area contributed by atoms with Gasteiger partial charge in [-0.2, -0.15) is 8.42 Å². The zero-order valence-corrected chi connectivity index (χ0v) is 27.6. The number of fused-ring (bicyclic) bond motifs is 1. The lowest BCUT2D eigenvalue weighted by molar-refractivity contribution is -0.0177. The van der Waals surface area contributed by atoms with Crippen molar-refractivity contribution in [3.8, 4) is 5.75 Å². The molecule has 2 N–H and O–H groups in total. The van der Waals surface area contributed by atoms with E-state index in [1.165, 1.54) is 18.6 Å². The van der Waals surface area contributed by atoms with Crippen LogP contribution < -0.4 is 9.46 Å². The Kier molecular flexibility index (Phi) is 12.0. The first kappa shape index (κ1) is 34.4. The minimum absolute atomic E-state index is 0.0834. The van der Waals surface area contributed by atoms with Crippen LogP contribution in [-0.2, 0) is 28.4 Å². The van der Waals surface area contributed by atoms with Crippen LogP contribution in [0, 0.1) is 5.92 Å². The molecule has 4 atom stereocenters. The second-order valence-corrected chi connectivity index (χ2v) is 13.7. The molecule has 3 heterocycles. The lowest BCUT2D eigenvalue weighted by Crippen LogP contribution is -2.47. The van der Waals surface area contributed by atoms with Gasteiger partial charge in [0.1, 0.15) is 5.75 Å². The van der Waals surface area contributed by atoms with Gasteiger partial charge in [-0.05, 0) is 76.1 Å². The van der Waals surface area contributed by atoms with Crippen LogP contribution in [0.4, 0.5) is 5.69 Å². The van der Waals surface area contributed by atoms with Gasteiger partial charge in [-0.3, -0.25) is 19.4 Å². The number of sulfonamides is 1. The van der Waals surface area contributed by atoms with Crippen molar-refractivity contribution in [3.63, 3.8) is 0 Å². The maximum atomic E-state index is 14.3. The van der Waals surface area contributed by atoms with Crippen LogP contribution in [-0.4, -0.2) is 95.4 Å². The topological polar surface area (TPSA) is 139 Å². The Balaban J connectivity index is 1.64. The van der Waals surface area contributed by atoms with E-state index in [4.69, 9.17) is 9.47 Å². The van der Waals surface area contributed by atoms with E-state index < -0.39 is 16.1 Å². The molecule has 3 aromatic rings. The zero-order valence-electron chi connectivity index (χ0n) is 26.8. The second kappa shape index (κ2) is 15.7. The van der Waals surface area contributed by atoms with Gasteiger partial charge >= 0.3 is 0 Å². The van der Waals surface area contributed by atoms with E-state index in [0.717, 1.165) is 31.4 Å². The van der Waals surface area contributed by atoms with Crippen molar-refractivity contribution < 1.29 is 27.8 Å². The number of benzene rings is 1. The van der Waals surface area contributed by atoms with E-state index in [1.54, 1.807) is 48.0 Å². The number of likely N-dealkylation sites (N-methyl/N-ethyl adjacent to an activating group) is 1. The quantitative estimate of drug-likeness (QED) is 0.359. The summed E-state index contributed by atoms with van der Waals surface area (Å²) in [5.41, 5.74) is 1.56. The predicted octanol–water partition coefficient (Wildman–Crippen LogP) is 3.54. The van der Waals surface area contributed by atoms with Crippen molar-refractivity contribution >= 4 is 21.6 Å². The van der Waals surface area contributed by atoms with Crippen LogP contribution in [0.1, 0.15) is 56.0 Å². The fraction of sp³-hybridized carbons (Fsp3) is 0.531. The summed E-state index contributed by atoms with van der Waals surface area (Å²) in [7, 11) is -0.266. The number of hydrogen-bond donors (Lipinski definition) is 2. The van der Waals surface area contributed by atoms with Crippen molar-refractivity contribution in [2.75, 3.05) is 38.1 Å². The molecule has 1 aromatic carbocycles. The van der Waals surface area contributed by atoms with Gasteiger partial charge in [0.05, 0.1) is 36.7 Å². The van der Waals surface area contributed by atoms with Crippen LogP contribution in [0.5, 0.6) is 5.75 Å². The number of anilines is 1. The first-order chi connectivity index (χ1) is 21.5. The molecular formula is C32H46N6O6S. The maximum absolute atomic E-state index is 14.3. The zero-order chi connectivity index (χ0) is 32.6. The number of nitrogens with one attached hydrogen (secondary N) is 1. The third-order valence-electron chi connectivity index (χ3n) is 7.95. The Morgan fingerprint density at radius 3 is 2.62 bits per heavy atom. The fourth-order valence-electron chi connectivity index (χ4n) is 5.36. The summed E-state index contributed by atoms with van der Waals surface area (Å²) in [5, 5.41) is 10.1. The van der Waals surface area contributed by atoms with Crippen molar-refractivity contribution in [1.82, 2.24) is 24.3 Å². The molecule has 45 heavy (non-hydrogen) atoms. The molecule has 0 bridgehead atoms. The van der Waals surface area contributed by atoms with Crippen LogP contribution in [0.25, 0.3) is 0 Å².